The fraction of sp³-hybridized carbons (Fsp3) is 0.229. The highest BCUT2D eigenvalue weighted by molar-refractivity contribution is 7.07. The van der Waals surface area contributed by atoms with Crippen LogP contribution in [-0.4, -0.2) is 43.0 Å². The van der Waals surface area contributed by atoms with Gasteiger partial charge in [0.25, 0.3) is 5.56 Å². The third-order valence-corrected chi connectivity index (χ3v) is 9.55. The van der Waals surface area contributed by atoms with E-state index in [-0.39, 0.29) is 17.7 Å². The summed E-state index contributed by atoms with van der Waals surface area (Å²) in [6.07, 6.45) is 3.86. The number of methoxy groups -OCH3 is 3. The smallest absolute Gasteiger partial charge is 0.338 e. The third-order valence-electron chi connectivity index (χ3n) is 7.98. The van der Waals surface area contributed by atoms with E-state index in [0.29, 0.717) is 54.4 Å². The normalized spacial score (nSPS) is 14.6. The van der Waals surface area contributed by atoms with E-state index >= 15 is 0 Å². The molecule has 3 heterocycles. The Labute approximate surface area is 284 Å². The van der Waals surface area contributed by atoms with Gasteiger partial charge in [-0.25, -0.2) is 9.79 Å². The van der Waals surface area contributed by atoms with Crippen molar-refractivity contribution < 1.29 is 23.7 Å². The molecule has 3 aromatic carbocycles. The van der Waals surface area contributed by atoms with Crippen LogP contribution in [-0.2, 0) is 16.1 Å². The van der Waals surface area contributed by atoms with Gasteiger partial charge in [-0.15, -0.1) is 0 Å². The SMILES string of the molecule is CCOC(=O)C1=C(C)N=c2s/c(=C\c3cn(Cc4ccc(Cl)cc4Cl)c4ccccc34)c(=O)n2[C@H]1c1cc(OC)c(OC)c(OC)c1. The molecule has 12 heteroatoms. The molecule has 9 nitrogen and oxygen atoms in total. The second-order valence-electron chi connectivity index (χ2n) is 10.7. The number of nitrogens with zero attached hydrogens (tertiary/aromatic N) is 3. The molecular weight excluding hydrogens is 661 g/mol. The summed E-state index contributed by atoms with van der Waals surface area (Å²) in [5.74, 6) is 0.595. The zero-order valence-electron chi connectivity index (χ0n) is 26.3. The number of fused-ring (bicyclic) bond motifs is 2. The Bertz CT molecular complexity index is 2230. The van der Waals surface area contributed by atoms with Crippen LogP contribution in [0.3, 0.4) is 0 Å². The van der Waals surface area contributed by atoms with Gasteiger partial charge in [0, 0.05) is 39.3 Å². The molecule has 5 aromatic rings. The number of allylic oxidation sites excluding steroid dienone is 1. The number of ether oxygens (including phenoxy) is 4. The molecule has 242 valence electrons. The molecule has 0 bridgehead atoms. The highest BCUT2D eigenvalue weighted by atomic mass is 35.5. The molecule has 0 fully saturated rings. The number of carbonyl (C=O) groups excluding carboxylic acids is 1. The van der Waals surface area contributed by atoms with Gasteiger partial charge in [-0.1, -0.05) is 58.8 Å². The van der Waals surface area contributed by atoms with Crippen LogP contribution in [0, 0.1) is 0 Å². The number of benzene rings is 3. The molecule has 0 saturated heterocycles. The predicted molar refractivity (Wildman–Crippen MR) is 184 cm³/mol. The zero-order chi connectivity index (χ0) is 33.4. The number of hydrogen-bond donors (Lipinski definition) is 0. The number of hydrogen-bond acceptors (Lipinski definition) is 8. The maximum absolute atomic E-state index is 14.4. The summed E-state index contributed by atoms with van der Waals surface area (Å²) < 4.78 is 26.3. The lowest BCUT2D eigenvalue weighted by atomic mass is 9.95. The first kappa shape index (κ1) is 32.4. The van der Waals surface area contributed by atoms with Crippen LogP contribution in [0.5, 0.6) is 17.2 Å². The molecule has 0 N–H and O–H groups in total. The lowest BCUT2D eigenvalue weighted by molar-refractivity contribution is -0.139. The molecule has 1 aliphatic heterocycles. The highest BCUT2D eigenvalue weighted by Gasteiger charge is 2.34. The third kappa shape index (κ3) is 5.93. The van der Waals surface area contributed by atoms with E-state index in [0.717, 1.165) is 22.0 Å². The number of carbonyl (C=O) groups is 1. The molecule has 0 radical (unpaired) electrons. The van der Waals surface area contributed by atoms with Crippen LogP contribution in [0.25, 0.3) is 17.0 Å². The van der Waals surface area contributed by atoms with Crippen LogP contribution in [0.1, 0.15) is 36.6 Å². The quantitative estimate of drug-likeness (QED) is 0.173. The number of esters is 1. The first-order valence-corrected chi connectivity index (χ1v) is 16.3. The fourth-order valence-corrected chi connectivity index (χ4v) is 7.37. The Morgan fingerprint density at radius 1 is 1.02 bits per heavy atom. The Hall–Kier alpha value is -4.51. The summed E-state index contributed by atoms with van der Waals surface area (Å²) in [5.41, 5.74) is 3.70. The lowest BCUT2D eigenvalue weighted by Crippen LogP contribution is -2.40. The number of para-hydroxylation sites is 1. The molecule has 6 rings (SSSR count). The molecule has 1 aliphatic rings. The summed E-state index contributed by atoms with van der Waals surface area (Å²) in [5, 5.41) is 2.11. The zero-order valence-corrected chi connectivity index (χ0v) is 28.6. The summed E-state index contributed by atoms with van der Waals surface area (Å²) in [6, 6.07) is 16.0. The van der Waals surface area contributed by atoms with Crippen molar-refractivity contribution in [2.24, 2.45) is 4.99 Å². The van der Waals surface area contributed by atoms with Crippen molar-refractivity contribution in [1.29, 1.82) is 0 Å². The van der Waals surface area contributed by atoms with Crippen LogP contribution in [0.4, 0.5) is 0 Å². The molecule has 0 saturated carbocycles. The molecule has 1 atom stereocenters. The molecule has 0 spiro atoms. The minimum absolute atomic E-state index is 0.160. The summed E-state index contributed by atoms with van der Waals surface area (Å²) >= 11 is 13.9. The molecule has 0 aliphatic carbocycles. The fourth-order valence-electron chi connectivity index (χ4n) is 5.86. The lowest BCUT2D eigenvalue weighted by Gasteiger charge is -2.26. The minimum Gasteiger partial charge on any atom is -0.493 e. The average molecular weight is 693 g/mol. The van der Waals surface area contributed by atoms with Crippen LogP contribution < -0.4 is 29.1 Å². The Morgan fingerprint density at radius 2 is 1.74 bits per heavy atom. The summed E-state index contributed by atoms with van der Waals surface area (Å²) in [6.45, 7) is 4.14. The van der Waals surface area contributed by atoms with Crippen molar-refractivity contribution in [3.05, 3.63) is 118 Å². The number of aromatic nitrogens is 2. The van der Waals surface area contributed by atoms with E-state index in [1.54, 1.807) is 32.0 Å². The Kier molecular flexibility index (Phi) is 9.18. The van der Waals surface area contributed by atoms with E-state index < -0.39 is 12.0 Å². The largest absolute Gasteiger partial charge is 0.493 e. The first-order valence-electron chi connectivity index (χ1n) is 14.7. The maximum Gasteiger partial charge on any atom is 0.338 e. The molecular formula is C35H31Cl2N3O6S. The van der Waals surface area contributed by atoms with Crippen molar-refractivity contribution in [1.82, 2.24) is 9.13 Å². The van der Waals surface area contributed by atoms with E-state index in [4.69, 9.17) is 47.1 Å². The van der Waals surface area contributed by atoms with Gasteiger partial charge in [0.05, 0.1) is 49.8 Å². The second kappa shape index (κ2) is 13.3. The van der Waals surface area contributed by atoms with Gasteiger partial charge in [-0.2, -0.15) is 0 Å². The van der Waals surface area contributed by atoms with Crippen molar-refractivity contribution in [2.45, 2.75) is 26.4 Å². The van der Waals surface area contributed by atoms with Crippen molar-refractivity contribution in [3.8, 4) is 17.2 Å². The average Bonchev–Trinajstić information content (AvgIpc) is 3.56. The maximum atomic E-state index is 14.4. The van der Waals surface area contributed by atoms with Crippen molar-refractivity contribution in [3.63, 3.8) is 0 Å². The van der Waals surface area contributed by atoms with Gasteiger partial charge in [-0.3, -0.25) is 9.36 Å². The molecule has 2 aromatic heterocycles. The Morgan fingerprint density at radius 3 is 2.40 bits per heavy atom. The van der Waals surface area contributed by atoms with E-state index in [2.05, 4.69) is 4.57 Å². The first-order chi connectivity index (χ1) is 22.7. The molecule has 0 unspecified atom stereocenters. The van der Waals surface area contributed by atoms with Crippen LogP contribution in [0.15, 0.2) is 81.9 Å². The van der Waals surface area contributed by atoms with E-state index in [9.17, 15) is 9.59 Å². The van der Waals surface area contributed by atoms with Crippen LogP contribution in [0.2, 0.25) is 10.0 Å². The topological polar surface area (TPSA) is 93.3 Å². The van der Waals surface area contributed by atoms with E-state index in [1.165, 1.54) is 37.2 Å². The Balaban J connectivity index is 1.54. The van der Waals surface area contributed by atoms with Crippen LogP contribution >= 0.6 is 34.5 Å². The predicted octanol–water partition coefficient (Wildman–Crippen LogP) is 6.13. The van der Waals surface area contributed by atoms with Gasteiger partial charge >= 0.3 is 5.97 Å². The summed E-state index contributed by atoms with van der Waals surface area (Å²) in [7, 11) is 4.53. The van der Waals surface area contributed by atoms with E-state index in [1.807, 2.05) is 48.7 Å². The van der Waals surface area contributed by atoms with Crippen molar-refractivity contribution >= 4 is 57.5 Å². The summed E-state index contributed by atoms with van der Waals surface area (Å²) in [4.78, 5) is 32.9. The molecule has 0 amide bonds. The van der Waals surface area contributed by atoms with Gasteiger partial charge in [-0.05, 0) is 61.4 Å². The van der Waals surface area contributed by atoms with Gasteiger partial charge in [0.15, 0.2) is 16.3 Å². The number of thiazole rings is 1. The minimum atomic E-state index is -0.866. The van der Waals surface area contributed by atoms with Gasteiger partial charge < -0.3 is 23.5 Å². The van der Waals surface area contributed by atoms with Gasteiger partial charge in [0.2, 0.25) is 5.75 Å². The monoisotopic (exact) mass is 691 g/mol. The number of rotatable bonds is 9. The van der Waals surface area contributed by atoms with Crippen molar-refractivity contribution in [2.75, 3.05) is 27.9 Å². The van der Waals surface area contributed by atoms with Gasteiger partial charge in [0.1, 0.15) is 0 Å². The highest BCUT2D eigenvalue weighted by Crippen LogP contribution is 2.42. The standard InChI is InChI=1S/C35H31Cl2N3O6S/c1-6-46-34(42)30-19(2)38-35-40(31(30)21-13-27(43-3)32(45-5)28(14-21)44-4)33(41)29(47-35)15-22-18-39(26-10-8-7-9-24(22)26)17-20-11-12-23(36)16-25(20)37/h7-16,18,31H,6,17H2,1-5H3/b29-15-/t31-/m0/s1. The number of halogens is 2. The molecule has 47 heavy (non-hydrogen) atoms. The second-order valence-corrected chi connectivity index (χ2v) is 12.6.